The molecular formula is C19H16ClF2N3O3S. The summed E-state index contributed by atoms with van der Waals surface area (Å²) in [7, 11) is 0. The van der Waals surface area contributed by atoms with Crippen molar-refractivity contribution < 1.29 is 23.5 Å². The molecule has 2 amide bonds. The van der Waals surface area contributed by atoms with Gasteiger partial charge in [0.2, 0.25) is 0 Å². The third-order valence-corrected chi connectivity index (χ3v) is 5.86. The second-order valence-corrected chi connectivity index (χ2v) is 7.72. The van der Waals surface area contributed by atoms with E-state index >= 15 is 0 Å². The largest absolute Gasteiger partial charge is 0.507 e. The van der Waals surface area contributed by atoms with Crippen LogP contribution in [0.3, 0.4) is 0 Å². The quantitative estimate of drug-likeness (QED) is 0.650. The van der Waals surface area contributed by atoms with Crippen molar-refractivity contribution in [1.29, 1.82) is 0 Å². The second-order valence-electron chi connectivity index (χ2n) is 6.18. The molecule has 0 aliphatic heterocycles. The van der Waals surface area contributed by atoms with Crippen molar-refractivity contribution in [2.24, 2.45) is 5.73 Å². The summed E-state index contributed by atoms with van der Waals surface area (Å²) in [5.41, 5.74) is 4.63. The van der Waals surface area contributed by atoms with E-state index in [-0.39, 0.29) is 27.0 Å². The first-order valence-electron chi connectivity index (χ1n) is 8.61. The number of phenols is 1. The minimum absolute atomic E-state index is 0.0364. The number of aryl methyl sites for hydroxylation is 1. The molecule has 6 nitrogen and oxygen atoms in total. The smallest absolute Gasteiger partial charge is 0.268 e. The molecule has 0 unspecified atom stereocenters. The number of allylic oxidation sites excluding steroid dienone is 3. The summed E-state index contributed by atoms with van der Waals surface area (Å²) in [5.74, 6) is -3.74. The number of aromatic hydroxyl groups is 1. The van der Waals surface area contributed by atoms with Gasteiger partial charge in [-0.05, 0) is 37.5 Å². The van der Waals surface area contributed by atoms with Crippen molar-refractivity contribution in [3.05, 3.63) is 56.7 Å². The van der Waals surface area contributed by atoms with Crippen LogP contribution in [0.4, 0.5) is 8.78 Å². The monoisotopic (exact) mass is 439 g/mol. The fourth-order valence-electron chi connectivity index (χ4n) is 2.80. The van der Waals surface area contributed by atoms with E-state index in [1.54, 1.807) is 6.92 Å². The second kappa shape index (κ2) is 8.30. The van der Waals surface area contributed by atoms with Gasteiger partial charge in [-0.3, -0.25) is 9.59 Å². The van der Waals surface area contributed by atoms with E-state index < -0.39 is 34.8 Å². The summed E-state index contributed by atoms with van der Waals surface area (Å²) in [6, 6.07) is 1.84. The third-order valence-electron chi connectivity index (χ3n) is 4.25. The first-order chi connectivity index (χ1) is 13.7. The topological polar surface area (TPSA) is 105 Å². The molecule has 0 fully saturated rings. The van der Waals surface area contributed by atoms with Crippen LogP contribution >= 0.6 is 22.9 Å². The molecular weight excluding hydrogens is 424 g/mol. The Morgan fingerprint density at radius 3 is 2.69 bits per heavy atom. The molecule has 4 N–H and O–H groups in total. The lowest BCUT2D eigenvalue weighted by molar-refractivity contribution is 0.0960. The number of carbonyl (C=O) groups is 2. The number of rotatable bonds is 5. The van der Waals surface area contributed by atoms with E-state index in [1.165, 1.54) is 6.08 Å². The van der Waals surface area contributed by atoms with Crippen LogP contribution < -0.4 is 11.1 Å². The lowest BCUT2D eigenvalue weighted by Crippen LogP contribution is -2.25. The molecule has 1 aromatic heterocycles. The number of hydrogen-bond acceptors (Lipinski definition) is 5. The maximum Gasteiger partial charge on any atom is 0.268 e. The fourth-order valence-corrected chi connectivity index (χ4v) is 4.07. The zero-order valence-electron chi connectivity index (χ0n) is 15.2. The minimum Gasteiger partial charge on any atom is -0.507 e. The predicted octanol–water partition coefficient (Wildman–Crippen LogP) is 4.14. The van der Waals surface area contributed by atoms with E-state index in [2.05, 4.69) is 10.3 Å². The summed E-state index contributed by atoms with van der Waals surface area (Å²) >= 11 is 7.01. The van der Waals surface area contributed by atoms with Gasteiger partial charge in [-0.15, -0.1) is 11.3 Å². The Kier molecular flexibility index (Phi) is 5.99. The summed E-state index contributed by atoms with van der Waals surface area (Å²) in [5, 5.41) is 12.8. The van der Waals surface area contributed by atoms with E-state index in [4.69, 9.17) is 17.3 Å². The van der Waals surface area contributed by atoms with Gasteiger partial charge in [0, 0.05) is 15.5 Å². The van der Waals surface area contributed by atoms with Gasteiger partial charge in [0.25, 0.3) is 11.8 Å². The molecule has 1 heterocycles. The highest BCUT2D eigenvalue weighted by Gasteiger charge is 2.23. The number of halogens is 3. The minimum atomic E-state index is -0.919. The first-order valence-corrected chi connectivity index (χ1v) is 9.80. The van der Waals surface area contributed by atoms with Crippen LogP contribution in [0.1, 0.15) is 45.5 Å². The predicted molar refractivity (Wildman–Crippen MR) is 106 cm³/mol. The van der Waals surface area contributed by atoms with E-state index in [0.29, 0.717) is 24.1 Å². The number of amides is 2. The number of benzene rings is 1. The molecule has 0 radical (unpaired) electrons. The SMILES string of the molecule is CCc1sc(-c2cc(O)c(C(=O)NC3=C(Cl)CCC=C3F)cc2F)nc1C(N)=O. The van der Waals surface area contributed by atoms with Crippen molar-refractivity contribution in [3.8, 4) is 16.3 Å². The summed E-state index contributed by atoms with van der Waals surface area (Å²) < 4.78 is 28.6. The fraction of sp³-hybridized carbons (Fsp3) is 0.211. The van der Waals surface area contributed by atoms with Crippen molar-refractivity contribution in [2.75, 3.05) is 0 Å². The van der Waals surface area contributed by atoms with Gasteiger partial charge in [0.15, 0.2) is 0 Å². The number of carbonyl (C=O) groups excluding carboxylic acids is 2. The van der Waals surface area contributed by atoms with Crippen LogP contribution in [0, 0.1) is 5.82 Å². The Hall–Kier alpha value is -2.78. The van der Waals surface area contributed by atoms with E-state index in [9.17, 15) is 23.5 Å². The molecule has 0 saturated carbocycles. The molecule has 152 valence electrons. The lowest BCUT2D eigenvalue weighted by Gasteiger charge is -2.15. The highest BCUT2D eigenvalue weighted by atomic mass is 35.5. The third kappa shape index (κ3) is 4.15. The zero-order chi connectivity index (χ0) is 21.3. The number of nitrogens with zero attached hydrogens (tertiary/aromatic N) is 1. The average molecular weight is 440 g/mol. The molecule has 2 aromatic rings. The van der Waals surface area contributed by atoms with Crippen LogP contribution in [0.5, 0.6) is 5.75 Å². The maximum absolute atomic E-state index is 14.7. The number of primary amides is 1. The Labute approximate surface area is 173 Å². The van der Waals surface area contributed by atoms with Crippen molar-refractivity contribution in [3.63, 3.8) is 0 Å². The molecule has 0 atom stereocenters. The summed E-state index contributed by atoms with van der Waals surface area (Å²) in [6.45, 7) is 1.80. The molecule has 0 spiro atoms. The molecule has 3 rings (SSSR count). The van der Waals surface area contributed by atoms with Crippen molar-refractivity contribution in [2.45, 2.75) is 26.2 Å². The van der Waals surface area contributed by atoms with Gasteiger partial charge in [-0.2, -0.15) is 0 Å². The summed E-state index contributed by atoms with van der Waals surface area (Å²) in [4.78, 5) is 28.5. The Balaban J connectivity index is 1.95. The Bertz CT molecular complexity index is 1080. The molecule has 1 aromatic carbocycles. The van der Waals surface area contributed by atoms with Crippen LogP contribution in [-0.2, 0) is 6.42 Å². The van der Waals surface area contributed by atoms with Crippen molar-refractivity contribution in [1.82, 2.24) is 10.3 Å². The molecule has 1 aliphatic rings. The molecule has 0 saturated heterocycles. The van der Waals surface area contributed by atoms with Gasteiger partial charge < -0.3 is 16.2 Å². The molecule has 0 bridgehead atoms. The number of aromatic nitrogens is 1. The highest BCUT2D eigenvalue weighted by Crippen LogP contribution is 2.34. The van der Waals surface area contributed by atoms with Crippen LogP contribution in [0.15, 0.2) is 34.8 Å². The van der Waals surface area contributed by atoms with Crippen LogP contribution in [0.2, 0.25) is 0 Å². The number of phenolic OH excluding ortho intramolecular Hbond substituents is 1. The molecule has 10 heteroatoms. The Morgan fingerprint density at radius 1 is 1.38 bits per heavy atom. The van der Waals surface area contributed by atoms with E-state index in [1.807, 2.05) is 0 Å². The van der Waals surface area contributed by atoms with Gasteiger partial charge >= 0.3 is 0 Å². The molecule has 1 aliphatic carbocycles. The van der Waals surface area contributed by atoms with Gasteiger partial charge in [-0.25, -0.2) is 13.8 Å². The average Bonchev–Trinajstić information content (AvgIpc) is 3.10. The van der Waals surface area contributed by atoms with E-state index in [0.717, 1.165) is 23.5 Å². The molecule has 29 heavy (non-hydrogen) atoms. The van der Waals surface area contributed by atoms with Crippen molar-refractivity contribution >= 4 is 34.8 Å². The van der Waals surface area contributed by atoms with Gasteiger partial charge in [0.05, 0.1) is 11.3 Å². The number of thiazole rings is 1. The van der Waals surface area contributed by atoms with Crippen LogP contribution in [-0.4, -0.2) is 21.9 Å². The highest BCUT2D eigenvalue weighted by molar-refractivity contribution is 7.15. The zero-order valence-corrected chi connectivity index (χ0v) is 16.8. The standard InChI is InChI=1S/C19H16ClF2N3O3S/c1-2-14-16(17(23)27)25-19(29-14)8-7-13(26)9(6-12(8)22)18(28)24-15-10(20)4-3-5-11(15)21/h5-7,26H,2-4H2,1H3,(H2,23,27)(H,24,28). The number of hydrogen-bond donors (Lipinski definition) is 3. The lowest BCUT2D eigenvalue weighted by atomic mass is 10.1. The Morgan fingerprint density at radius 2 is 2.10 bits per heavy atom. The number of nitrogens with two attached hydrogens (primary N) is 1. The number of nitrogens with one attached hydrogen (secondary N) is 1. The van der Waals surface area contributed by atoms with Crippen LogP contribution in [0.25, 0.3) is 10.6 Å². The van der Waals surface area contributed by atoms with Gasteiger partial charge in [-0.1, -0.05) is 18.5 Å². The first kappa shape index (κ1) is 20.9. The normalized spacial score (nSPS) is 14.0. The summed E-state index contributed by atoms with van der Waals surface area (Å²) in [6.07, 6.45) is 2.50. The van der Waals surface area contributed by atoms with Gasteiger partial charge in [0.1, 0.15) is 28.1 Å². The maximum atomic E-state index is 14.7.